The lowest BCUT2D eigenvalue weighted by Gasteiger charge is -1.98. The number of thiazole rings is 1. The summed E-state index contributed by atoms with van der Waals surface area (Å²) in [6.45, 7) is 1.76. The van der Waals surface area contributed by atoms with E-state index in [4.69, 9.17) is 5.11 Å². The van der Waals surface area contributed by atoms with Crippen molar-refractivity contribution in [2.24, 2.45) is 0 Å². The number of benzene rings is 1. The molecule has 1 heterocycles. The normalized spacial score (nSPS) is 10.6. The fourth-order valence-electron chi connectivity index (χ4n) is 1.53. The minimum atomic E-state index is -0.895. The van der Waals surface area contributed by atoms with E-state index in [1.807, 2.05) is 0 Å². The summed E-state index contributed by atoms with van der Waals surface area (Å²) in [5, 5.41) is 9.40. The van der Waals surface area contributed by atoms with Crippen molar-refractivity contribution in [2.75, 3.05) is 0 Å². The van der Waals surface area contributed by atoms with Crippen molar-refractivity contribution in [1.29, 1.82) is 0 Å². The van der Waals surface area contributed by atoms with E-state index in [0.29, 0.717) is 25.6 Å². The van der Waals surface area contributed by atoms with Crippen molar-refractivity contribution in [3.05, 3.63) is 39.1 Å². The van der Waals surface area contributed by atoms with Gasteiger partial charge in [0.15, 0.2) is 0 Å². The van der Waals surface area contributed by atoms with Crippen molar-refractivity contribution in [3.63, 3.8) is 0 Å². The van der Waals surface area contributed by atoms with Crippen LogP contribution in [-0.2, 0) is 11.2 Å². The fraction of sp³-hybridized carbons (Fsp3) is 0.167. The molecule has 0 saturated carbocycles. The summed E-state index contributed by atoms with van der Waals surface area (Å²) in [6, 6.07) is 4.50. The van der Waals surface area contributed by atoms with Crippen molar-refractivity contribution >= 4 is 33.2 Å². The van der Waals surface area contributed by atoms with E-state index in [2.05, 4.69) is 20.9 Å². The third-order valence-corrected chi connectivity index (χ3v) is 3.98. The highest BCUT2D eigenvalue weighted by atomic mass is 79.9. The lowest BCUT2D eigenvalue weighted by atomic mass is 10.2. The predicted octanol–water partition coefficient (Wildman–Crippen LogP) is 3.65. The molecule has 6 heteroatoms. The van der Waals surface area contributed by atoms with Crippen LogP contribution in [0, 0.1) is 12.7 Å². The van der Waals surface area contributed by atoms with E-state index in [1.165, 1.54) is 23.5 Å². The molecule has 0 saturated heterocycles. The van der Waals surface area contributed by atoms with Gasteiger partial charge in [-0.25, -0.2) is 9.37 Å². The first-order valence-electron chi connectivity index (χ1n) is 5.10. The number of hydrogen-bond donors (Lipinski definition) is 1. The van der Waals surface area contributed by atoms with Gasteiger partial charge in [0.25, 0.3) is 0 Å². The molecule has 0 aliphatic heterocycles. The number of carboxylic acid groups (broad SMARTS) is 1. The van der Waals surface area contributed by atoms with Gasteiger partial charge in [-0.1, -0.05) is 15.9 Å². The van der Waals surface area contributed by atoms with Gasteiger partial charge in [0.2, 0.25) is 0 Å². The quantitative estimate of drug-likeness (QED) is 0.935. The number of hydrogen-bond acceptors (Lipinski definition) is 3. The highest BCUT2D eigenvalue weighted by Crippen LogP contribution is 2.30. The van der Waals surface area contributed by atoms with Gasteiger partial charge in [-0.2, -0.15) is 0 Å². The molecule has 0 fully saturated rings. The van der Waals surface area contributed by atoms with Crippen LogP contribution in [0.5, 0.6) is 0 Å². The minimum absolute atomic E-state index is 0.0556. The topological polar surface area (TPSA) is 50.2 Å². The first-order valence-corrected chi connectivity index (χ1v) is 6.71. The van der Waals surface area contributed by atoms with Gasteiger partial charge in [0.1, 0.15) is 10.8 Å². The Morgan fingerprint density at radius 1 is 1.50 bits per heavy atom. The second kappa shape index (κ2) is 5.16. The van der Waals surface area contributed by atoms with E-state index >= 15 is 0 Å². The number of aryl methyl sites for hydroxylation is 1. The molecular weight excluding hydrogens is 321 g/mol. The Morgan fingerprint density at radius 3 is 2.83 bits per heavy atom. The monoisotopic (exact) mass is 329 g/mol. The largest absolute Gasteiger partial charge is 0.481 e. The molecule has 0 amide bonds. The van der Waals surface area contributed by atoms with E-state index in [-0.39, 0.29) is 12.2 Å². The van der Waals surface area contributed by atoms with Gasteiger partial charge in [0, 0.05) is 14.9 Å². The first-order chi connectivity index (χ1) is 8.45. The summed E-state index contributed by atoms with van der Waals surface area (Å²) >= 11 is 4.50. The van der Waals surface area contributed by atoms with Crippen LogP contribution in [0.15, 0.2) is 22.7 Å². The van der Waals surface area contributed by atoms with Gasteiger partial charge >= 0.3 is 5.97 Å². The number of carbonyl (C=O) groups is 1. The van der Waals surface area contributed by atoms with Crippen LogP contribution < -0.4 is 0 Å². The van der Waals surface area contributed by atoms with E-state index in [0.717, 1.165) is 0 Å². The second-order valence-electron chi connectivity index (χ2n) is 3.76. The second-order valence-corrected chi connectivity index (χ2v) is 5.76. The summed E-state index contributed by atoms with van der Waals surface area (Å²) in [5.41, 5.74) is 1.32. The summed E-state index contributed by atoms with van der Waals surface area (Å²) in [6.07, 6.45) is -0.0556. The number of rotatable bonds is 3. The van der Waals surface area contributed by atoms with E-state index in [1.54, 1.807) is 13.0 Å². The third-order valence-electron chi connectivity index (χ3n) is 2.31. The van der Waals surface area contributed by atoms with Gasteiger partial charge < -0.3 is 5.11 Å². The molecule has 3 nitrogen and oxygen atoms in total. The van der Waals surface area contributed by atoms with Crippen LogP contribution in [0.4, 0.5) is 4.39 Å². The maximum absolute atomic E-state index is 13.3. The van der Waals surface area contributed by atoms with Crippen LogP contribution in [0.1, 0.15) is 10.6 Å². The summed E-state index contributed by atoms with van der Waals surface area (Å²) in [7, 11) is 0. The molecular formula is C12H9BrFNO2S. The van der Waals surface area contributed by atoms with E-state index in [9.17, 15) is 9.18 Å². The molecule has 94 valence electrons. The van der Waals surface area contributed by atoms with Gasteiger partial charge in [-0.15, -0.1) is 11.3 Å². The average Bonchev–Trinajstić information content (AvgIpc) is 2.58. The Kier molecular flexibility index (Phi) is 3.77. The van der Waals surface area contributed by atoms with Crippen LogP contribution in [0.25, 0.3) is 10.6 Å². The molecule has 0 aliphatic rings. The Labute approximate surface area is 115 Å². The number of halogens is 2. The van der Waals surface area contributed by atoms with Crippen LogP contribution >= 0.6 is 27.3 Å². The van der Waals surface area contributed by atoms with Gasteiger partial charge in [-0.05, 0) is 25.1 Å². The predicted molar refractivity (Wildman–Crippen MR) is 71.3 cm³/mol. The van der Waals surface area contributed by atoms with Crippen molar-refractivity contribution in [1.82, 2.24) is 4.98 Å². The highest BCUT2D eigenvalue weighted by molar-refractivity contribution is 9.10. The molecule has 0 unspecified atom stereocenters. The Bertz CT molecular complexity index is 592. The molecule has 2 aromatic rings. The summed E-state index contributed by atoms with van der Waals surface area (Å²) in [5.74, 6) is -1.25. The minimum Gasteiger partial charge on any atom is -0.481 e. The zero-order chi connectivity index (χ0) is 13.3. The number of nitrogens with zero attached hydrogens (tertiary/aromatic N) is 1. The van der Waals surface area contributed by atoms with Crippen LogP contribution in [0.2, 0.25) is 0 Å². The summed E-state index contributed by atoms with van der Waals surface area (Å²) in [4.78, 5) is 15.7. The number of carboxylic acids is 1. The smallest absolute Gasteiger partial charge is 0.308 e. The van der Waals surface area contributed by atoms with Crippen LogP contribution in [-0.4, -0.2) is 16.1 Å². The molecule has 0 spiro atoms. The highest BCUT2D eigenvalue weighted by Gasteiger charge is 2.13. The average molecular weight is 330 g/mol. The standard InChI is InChI=1S/C12H9BrFNO2S/c1-6-10(5-11(16)17)18-12(15-6)7-2-8(13)4-9(14)3-7/h2-4H,5H2,1H3,(H,16,17). The fourth-order valence-corrected chi connectivity index (χ4v) is 3.04. The van der Waals surface area contributed by atoms with Gasteiger partial charge in [0.05, 0.1) is 12.1 Å². The molecule has 0 bridgehead atoms. The molecule has 1 aromatic heterocycles. The summed E-state index contributed by atoms with van der Waals surface area (Å²) < 4.78 is 13.9. The molecule has 18 heavy (non-hydrogen) atoms. The van der Waals surface area contributed by atoms with Crippen LogP contribution in [0.3, 0.4) is 0 Å². The maximum atomic E-state index is 13.3. The zero-order valence-corrected chi connectivity index (χ0v) is 11.8. The Hall–Kier alpha value is -1.27. The third kappa shape index (κ3) is 2.94. The Morgan fingerprint density at radius 2 is 2.22 bits per heavy atom. The van der Waals surface area contributed by atoms with E-state index < -0.39 is 5.97 Å². The Balaban J connectivity index is 2.42. The lowest BCUT2D eigenvalue weighted by molar-refractivity contribution is -0.136. The van der Waals surface area contributed by atoms with Crippen molar-refractivity contribution in [3.8, 4) is 10.6 Å². The number of aromatic nitrogens is 1. The molecule has 1 aromatic carbocycles. The van der Waals surface area contributed by atoms with Crippen molar-refractivity contribution in [2.45, 2.75) is 13.3 Å². The molecule has 0 aliphatic carbocycles. The molecule has 0 radical (unpaired) electrons. The van der Waals surface area contributed by atoms with Gasteiger partial charge in [-0.3, -0.25) is 4.79 Å². The maximum Gasteiger partial charge on any atom is 0.308 e. The SMILES string of the molecule is Cc1nc(-c2cc(F)cc(Br)c2)sc1CC(=O)O. The lowest BCUT2D eigenvalue weighted by Crippen LogP contribution is -1.99. The molecule has 1 N–H and O–H groups in total. The molecule has 2 rings (SSSR count). The number of aliphatic carboxylic acids is 1. The first kappa shape index (κ1) is 13.2. The van der Waals surface area contributed by atoms with Crippen molar-refractivity contribution < 1.29 is 14.3 Å². The zero-order valence-electron chi connectivity index (χ0n) is 9.41. The molecule has 0 atom stereocenters.